The standard InChI is InChI=1S/C26H30F5N3O5.C2HF3O2/c27-19-20(28)22(30)24(23(31)21(19)29)39-25(36)17(34-26(37)38-15-16-9-3-1-4-10-16)11-6-8-14-33-18(35)12-5-2-7-13-32;3-2(4,5)1(6)7/h1,3-4,9-10,17H,2,5-8,11-15,32H2,(H,33,35)(H,34,37);(H,6,7). The Morgan fingerprint density at radius 3 is 1.93 bits per heavy atom. The molecule has 10 nitrogen and oxygen atoms in total. The molecular formula is C28H31F8N3O7. The molecule has 2 rings (SSSR count). The van der Waals surface area contributed by atoms with Crippen LogP contribution in [0.25, 0.3) is 0 Å². The van der Waals surface area contributed by atoms with E-state index < -0.39 is 65.1 Å². The molecule has 0 aliphatic carbocycles. The number of benzene rings is 2. The molecule has 0 aliphatic heterocycles. The minimum Gasteiger partial charge on any atom is -0.475 e. The van der Waals surface area contributed by atoms with Crippen molar-refractivity contribution in [2.75, 3.05) is 13.1 Å². The van der Waals surface area contributed by atoms with E-state index in [-0.39, 0.29) is 31.9 Å². The van der Waals surface area contributed by atoms with Crippen molar-refractivity contribution < 1.29 is 68.9 Å². The molecule has 0 spiro atoms. The number of carbonyl (C=O) groups is 4. The van der Waals surface area contributed by atoms with Crippen LogP contribution in [0, 0.1) is 29.1 Å². The zero-order valence-corrected chi connectivity index (χ0v) is 24.0. The summed E-state index contributed by atoms with van der Waals surface area (Å²) in [6.45, 7) is 0.625. The van der Waals surface area contributed by atoms with Crippen molar-refractivity contribution in [1.29, 1.82) is 0 Å². The van der Waals surface area contributed by atoms with Crippen molar-refractivity contribution in [1.82, 2.24) is 10.6 Å². The SMILES string of the molecule is NCCCCCC(=O)NCCCCC(NC(=O)OCc1ccccc1)C(=O)Oc1c(F)c(F)c(F)c(F)c1F.O=C(O)C(F)(F)F. The second-order valence-corrected chi connectivity index (χ2v) is 9.33. The number of amides is 2. The first-order chi connectivity index (χ1) is 21.6. The summed E-state index contributed by atoms with van der Waals surface area (Å²) in [6.07, 6.45) is -3.11. The first kappa shape index (κ1) is 39.5. The molecule has 0 aromatic heterocycles. The van der Waals surface area contributed by atoms with E-state index in [2.05, 4.69) is 15.4 Å². The van der Waals surface area contributed by atoms with E-state index in [1.165, 1.54) is 0 Å². The van der Waals surface area contributed by atoms with Gasteiger partial charge in [0.15, 0.2) is 0 Å². The highest BCUT2D eigenvalue weighted by Crippen LogP contribution is 2.29. The van der Waals surface area contributed by atoms with Gasteiger partial charge in [-0.2, -0.15) is 22.0 Å². The van der Waals surface area contributed by atoms with Gasteiger partial charge in [-0.3, -0.25) is 4.79 Å². The number of carboxylic acid groups (broad SMARTS) is 1. The van der Waals surface area contributed by atoms with Crippen molar-refractivity contribution in [3.8, 4) is 5.75 Å². The molecule has 46 heavy (non-hydrogen) atoms. The molecule has 0 aliphatic rings. The number of halogens is 8. The van der Waals surface area contributed by atoms with E-state index in [0.717, 1.165) is 12.8 Å². The van der Waals surface area contributed by atoms with Crippen LogP contribution in [0.2, 0.25) is 0 Å². The van der Waals surface area contributed by atoms with Gasteiger partial charge >= 0.3 is 24.2 Å². The van der Waals surface area contributed by atoms with Crippen molar-refractivity contribution >= 4 is 23.9 Å². The number of ether oxygens (including phenoxy) is 2. The van der Waals surface area contributed by atoms with Crippen molar-refractivity contribution in [3.05, 3.63) is 65.0 Å². The van der Waals surface area contributed by atoms with E-state index in [9.17, 15) is 49.5 Å². The number of nitrogens with one attached hydrogen (secondary N) is 2. The predicted octanol–water partition coefficient (Wildman–Crippen LogP) is 5.02. The number of rotatable bonds is 15. The number of carbonyl (C=O) groups excluding carboxylic acids is 3. The number of aliphatic carboxylic acids is 1. The van der Waals surface area contributed by atoms with Gasteiger partial charge in [0, 0.05) is 13.0 Å². The number of esters is 1. The van der Waals surface area contributed by atoms with Crippen LogP contribution in [-0.4, -0.2) is 54.4 Å². The number of unbranched alkanes of at least 4 members (excludes halogenated alkanes) is 3. The molecular weight excluding hydrogens is 642 g/mol. The molecule has 256 valence electrons. The molecule has 0 bridgehead atoms. The lowest BCUT2D eigenvalue weighted by molar-refractivity contribution is -0.192. The summed E-state index contributed by atoms with van der Waals surface area (Å²) in [5, 5.41) is 12.0. The second-order valence-electron chi connectivity index (χ2n) is 9.33. The van der Waals surface area contributed by atoms with Crippen molar-refractivity contribution in [2.45, 2.75) is 63.8 Å². The molecule has 2 amide bonds. The topological polar surface area (TPSA) is 157 Å². The minimum atomic E-state index is -5.08. The van der Waals surface area contributed by atoms with E-state index in [0.29, 0.717) is 31.4 Å². The maximum atomic E-state index is 14.0. The Morgan fingerprint density at radius 2 is 1.39 bits per heavy atom. The number of alkyl halides is 3. The molecule has 5 N–H and O–H groups in total. The average molecular weight is 674 g/mol. The quantitative estimate of drug-likeness (QED) is 0.0513. The number of nitrogens with two attached hydrogens (primary N) is 1. The maximum Gasteiger partial charge on any atom is 0.490 e. The summed E-state index contributed by atoms with van der Waals surface area (Å²) in [5.74, 6) is -17.8. The normalized spacial score (nSPS) is 11.5. The van der Waals surface area contributed by atoms with Crippen molar-refractivity contribution in [2.24, 2.45) is 5.73 Å². The third kappa shape index (κ3) is 14.1. The highest BCUT2D eigenvalue weighted by atomic mass is 19.4. The molecule has 2 aromatic carbocycles. The van der Waals surface area contributed by atoms with E-state index in [4.69, 9.17) is 20.4 Å². The average Bonchev–Trinajstić information content (AvgIpc) is 3.01. The monoisotopic (exact) mass is 673 g/mol. The largest absolute Gasteiger partial charge is 0.490 e. The molecule has 1 atom stereocenters. The summed E-state index contributed by atoms with van der Waals surface area (Å²) >= 11 is 0. The number of hydrogen-bond donors (Lipinski definition) is 4. The lowest BCUT2D eigenvalue weighted by Gasteiger charge is -2.18. The Morgan fingerprint density at radius 1 is 0.826 bits per heavy atom. The second kappa shape index (κ2) is 19.8. The van der Waals surface area contributed by atoms with Gasteiger partial charge in [-0.1, -0.05) is 36.8 Å². The Balaban J connectivity index is 0.00000135. The molecule has 0 heterocycles. The van der Waals surface area contributed by atoms with Crippen LogP contribution in [-0.2, 0) is 25.7 Å². The lowest BCUT2D eigenvalue weighted by atomic mass is 10.1. The van der Waals surface area contributed by atoms with Crippen LogP contribution in [0.3, 0.4) is 0 Å². The fourth-order valence-electron chi connectivity index (χ4n) is 3.40. The van der Waals surface area contributed by atoms with Crippen LogP contribution in [0.5, 0.6) is 5.75 Å². The summed E-state index contributed by atoms with van der Waals surface area (Å²) in [6, 6.07) is 6.96. The molecule has 0 saturated carbocycles. The first-order valence-corrected chi connectivity index (χ1v) is 13.6. The Labute approximate surface area is 257 Å². The van der Waals surface area contributed by atoms with Crippen LogP contribution in [0.4, 0.5) is 39.9 Å². The van der Waals surface area contributed by atoms with Gasteiger partial charge in [-0.05, 0) is 44.2 Å². The van der Waals surface area contributed by atoms with E-state index >= 15 is 0 Å². The molecule has 0 radical (unpaired) electrons. The lowest BCUT2D eigenvalue weighted by Crippen LogP contribution is -2.43. The molecule has 1 unspecified atom stereocenters. The maximum absolute atomic E-state index is 14.0. The smallest absolute Gasteiger partial charge is 0.475 e. The van der Waals surface area contributed by atoms with Crippen molar-refractivity contribution in [3.63, 3.8) is 0 Å². The molecule has 0 saturated heterocycles. The summed E-state index contributed by atoms with van der Waals surface area (Å²) in [4.78, 5) is 45.6. The Kier molecular flexibility index (Phi) is 17.0. The van der Waals surface area contributed by atoms with E-state index in [1.807, 2.05) is 0 Å². The zero-order valence-electron chi connectivity index (χ0n) is 24.0. The Hall–Kier alpha value is -4.48. The van der Waals surface area contributed by atoms with E-state index in [1.54, 1.807) is 30.3 Å². The number of carboxylic acids is 1. The van der Waals surface area contributed by atoms with Gasteiger partial charge in [-0.25, -0.2) is 27.6 Å². The van der Waals surface area contributed by atoms with Gasteiger partial charge in [0.05, 0.1) is 0 Å². The van der Waals surface area contributed by atoms with Gasteiger partial charge in [0.2, 0.25) is 40.7 Å². The summed E-state index contributed by atoms with van der Waals surface area (Å²) in [5.41, 5.74) is 6.03. The highest BCUT2D eigenvalue weighted by molar-refractivity contribution is 5.83. The van der Waals surface area contributed by atoms with Gasteiger partial charge < -0.3 is 30.9 Å². The number of hydrogen-bond acceptors (Lipinski definition) is 7. The predicted molar refractivity (Wildman–Crippen MR) is 143 cm³/mol. The van der Waals surface area contributed by atoms with Gasteiger partial charge in [-0.15, -0.1) is 0 Å². The van der Waals surface area contributed by atoms with Crippen LogP contribution < -0.4 is 21.1 Å². The molecule has 18 heteroatoms. The Bertz CT molecular complexity index is 1290. The van der Waals surface area contributed by atoms with Crippen LogP contribution >= 0.6 is 0 Å². The zero-order chi connectivity index (χ0) is 34.9. The van der Waals surface area contributed by atoms with Gasteiger partial charge in [0.1, 0.15) is 12.6 Å². The minimum absolute atomic E-state index is 0.152. The van der Waals surface area contributed by atoms with Crippen LogP contribution in [0.15, 0.2) is 30.3 Å². The van der Waals surface area contributed by atoms with Crippen LogP contribution in [0.1, 0.15) is 50.5 Å². The third-order valence-corrected chi connectivity index (χ3v) is 5.75. The van der Waals surface area contributed by atoms with Gasteiger partial charge in [0.25, 0.3) is 0 Å². The third-order valence-electron chi connectivity index (χ3n) is 5.75. The number of alkyl carbamates (subject to hydrolysis) is 1. The fourth-order valence-corrected chi connectivity index (χ4v) is 3.40. The summed E-state index contributed by atoms with van der Waals surface area (Å²) < 4.78 is 110. The fraction of sp³-hybridized carbons (Fsp3) is 0.429. The molecule has 0 fully saturated rings. The highest BCUT2D eigenvalue weighted by Gasteiger charge is 2.38. The summed E-state index contributed by atoms with van der Waals surface area (Å²) in [7, 11) is 0. The molecule has 2 aromatic rings. The first-order valence-electron chi connectivity index (χ1n) is 13.6.